The second-order valence-corrected chi connectivity index (χ2v) is 4.97. The van der Waals surface area contributed by atoms with Gasteiger partial charge in [-0.1, -0.05) is 41.6 Å². The molecular weight excluding hydrogens is 407 g/mol. The van der Waals surface area contributed by atoms with Gasteiger partial charge in [0.15, 0.2) is 10.9 Å². The summed E-state index contributed by atoms with van der Waals surface area (Å²) in [4.78, 5) is 0. The van der Waals surface area contributed by atoms with Crippen LogP contribution in [0.4, 0.5) is 5.69 Å². The summed E-state index contributed by atoms with van der Waals surface area (Å²) >= 11 is 7.26. The van der Waals surface area contributed by atoms with E-state index in [1.807, 2.05) is 42.7 Å². The van der Waals surface area contributed by atoms with Gasteiger partial charge >= 0.3 is 0 Å². The number of thioether (sulfide) groups is 1. The normalized spacial score (nSPS) is 9.50. The van der Waals surface area contributed by atoms with E-state index in [2.05, 4.69) is 5.32 Å². The molecule has 20 heavy (non-hydrogen) atoms. The summed E-state index contributed by atoms with van der Waals surface area (Å²) in [6.45, 7) is 0. The molecule has 0 aliphatic rings. The molecule has 0 radical (unpaired) electrons. The van der Waals surface area contributed by atoms with Gasteiger partial charge in [-0.2, -0.15) is 0 Å². The van der Waals surface area contributed by atoms with E-state index in [9.17, 15) is 0 Å². The minimum atomic E-state index is 0. The first-order valence-corrected chi connectivity index (χ1v) is 7.21. The number of rotatable bonds is 3. The average Bonchev–Trinajstić information content (AvgIpc) is 2.41. The number of hydrogen-bond acceptors (Lipinski definition) is 3. The molecule has 0 saturated heterocycles. The molecule has 0 amide bonds. The zero-order chi connectivity index (χ0) is 13.7. The molecule has 106 valence electrons. The molecule has 0 heterocycles. The number of benzene rings is 2. The largest absolute Gasteiger partial charge is 0.455 e. The van der Waals surface area contributed by atoms with Crippen molar-refractivity contribution in [1.29, 1.82) is 5.41 Å². The molecule has 2 aromatic carbocycles. The van der Waals surface area contributed by atoms with E-state index >= 15 is 0 Å². The standard InChI is InChI=1S/C14H13ClN2OS.HI/c1-19-14(16)17-12-7-2-3-8-13(12)18-11-6-4-5-10(15)9-11;/h2-9H,1H3,(H2,16,17);1H. The fraction of sp³-hybridized carbons (Fsp3) is 0.0714. The Hall–Kier alpha value is -0.920. The van der Waals surface area contributed by atoms with Crippen LogP contribution in [-0.2, 0) is 0 Å². The molecule has 2 N–H and O–H groups in total. The number of para-hydroxylation sites is 2. The van der Waals surface area contributed by atoms with Crippen LogP contribution in [0, 0.1) is 5.41 Å². The molecule has 0 spiro atoms. The van der Waals surface area contributed by atoms with Gasteiger partial charge in [0.2, 0.25) is 0 Å². The van der Waals surface area contributed by atoms with Crippen molar-refractivity contribution < 1.29 is 4.74 Å². The van der Waals surface area contributed by atoms with Crippen molar-refractivity contribution >= 4 is 58.2 Å². The van der Waals surface area contributed by atoms with Crippen LogP contribution in [0.15, 0.2) is 48.5 Å². The lowest BCUT2D eigenvalue weighted by Crippen LogP contribution is -2.06. The van der Waals surface area contributed by atoms with E-state index in [4.69, 9.17) is 21.7 Å². The maximum absolute atomic E-state index is 7.66. The molecule has 0 atom stereocenters. The maximum Gasteiger partial charge on any atom is 0.158 e. The zero-order valence-electron chi connectivity index (χ0n) is 10.7. The predicted octanol–water partition coefficient (Wildman–Crippen LogP) is 5.46. The first-order valence-electron chi connectivity index (χ1n) is 5.61. The Morgan fingerprint density at radius 2 is 1.95 bits per heavy atom. The van der Waals surface area contributed by atoms with Gasteiger partial charge in [0.25, 0.3) is 0 Å². The first kappa shape index (κ1) is 17.1. The number of ether oxygens (including phenoxy) is 1. The van der Waals surface area contributed by atoms with E-state index in [1.54, 1.807) is 12.1 Å². The smallest absolute Gasteiger partial charge is 0.158 e. The van der Waals surface area contributed by atoms with Gasteiger partial charge in [-0.15, -0.1) is 24.0 Å². The van der Waals surface area contributed by atoms with Crippen molar-refractivity contribution in [3.8, 4) is 11.5 Å². The van der Waals surface area contributed by atoms with E-state index < -0.39 is 0 Å². The first-order chi connectivity index (χ1) is 9.19. The molecule has 2 aromatic rings. The van der Waals surface area contributed by atoms with E-state index in [-0.39, 0.29) is 24.0 Å². The van der Waals surface area contributed by atoms with Crippen LogP contribution in [0.1, 0.15) is 0 Å². The van der Waals surface area contributed by atoms with E-state index in [0.717, 1.165) is 5.69 Å². The van der Waals surface area contributed by atoms with Gasteiger partial charge < -0.3 is 10.1 Å². The maximum atomic E-state index is 7.66. The summed E-state index contributed by atoms with van der Waals surface area (Å²) in [5.74, 6) is 1.32. The highest BCUT2D eigenvalue weighted by Crippen LogP contribution is 2.30. The highest BCUT2D eigenvalue weighted by atomic mass is 127. The third kappa shape index (κ3) is 4.88. The molecule has 0 fully saturated rings. The second-order valence-electron chi connectivity index (χ2n) is 3.71. The summed E-state index contributed by atoms with van der Waals surface area (Å²) in [5.41, 5.74) is 0.752. The quantitative estimate of drug-likeness (QED) is 0.394. The minimum Gasteiger partial charge on any atom is -0.455 e. The molecule has 0 aliphatic carbocycles. The number of nitrogens with one attached hydrogen (secondary N) is 2. The van der Waals surface area contributed by atoms with E-state index in [1.165, 1.54) is 11.8 Å². The van der Waals surface area contributed by atoms with Crippen LogP contribution < -0.4 is 10.1 Å². The molecular formula is C14H14ClIN2OS. The van der Waals surface area contributed by atoms with Gasteiger partial charge in [-0.3, -0.25) is 5.41 Å². The van der Waals surface area contributed by atoms with Crippen molar-refractivity contribution in [2.45, 2.75) is 0 Å². The van der Waals surface area contributed by atoms with Gasteiger partial charge in [0, 0.05) is 5.02 Å². The van der Waals surface area contributed by atoms with Crippen molar-refractivity contribution in [2.24, 2.45) is 0 Å². The van der Waals surface area contributed by atoms with Gasteiger partial charge in [-0.25, -0.2) is 0 Å². The molecule has 6 heteroatoms. The van der Waals surface area contributed by atoms with Crippen LogP contribution in [0.5, 0.6) is 11.5 Å². The molecule has 3 nitrogen and oxygen atoms in total. The lowest BCUT2D eigenvalue weighted by molar-refractivity contribution is 0.485. The van der Waals surface area contributed by atoms with Crippen molar-refractivity contribution in [2.75, 3.05) is 11.6 Å². The highest BCUT2D eigenvalue weighted by molar-refractivity contribution is 14.0. The summed E-state index contributed by atoms with van der Waals surface area (Å²) in [6.07, 6.45) is 1.84. The Bertz CT molecular complexity index is 595. The van der Waals surface area contributed by atoms with Crippen molar-refractivity contribution in [3.05, 3.63) is 53.6 Å². The topological polar surface area (TPSA) is 45.1 Å². The Morgan fingerprint density at radius 3 is 2.65 bits per heavy atom. The summed E-state index contributed by atoms with van der Waals surface area (Å²) in [6, 6.07) is 14.7. The number of hydrogen-bond donors (Lipinski definition) is 2. The number of halogens is 2. The molecule has 0 bridgehead atoms. The fourth-order valence-corrected chi connectivity index (χ4v) is 1.88. The minimum absolute atomic E-state index is 0. The summed E-state index contributed by atoms with van der Waals surface area (Å²) in [5, 5.41) is 11.6. The Labute approximate surface area is 144 Å². The Kier molecular flexibility index (Phi) is 7.18. The zero-order valence-corrected chi connectivity index (χ0v) is 14.6. The predicted molar refractivity (Wildman–Crippen MR) is 98.2 cm³/mol. The third-order valence-corrected chi connectivity index (χ3v) is 3.11. The lowest BCUT2D eigenvalue weighted by atomic mass is 10.3. The van der Waals surface area contributed by atoms with Gasteiger partial charge in [0.05, 0.1) is 5.69 Å². The molecule has 0 aliphatic heterocycles. The second kappa shape index (κ2) is 8.39. The summed E-state index contributed by atoms with van der Waals surface area (Å²) < 4.78 is 5.78. The monoisotopic (exact) mass is 420 g/mol. The SMILES string of the molecule is CSC(=N)Nc1ccccc1Oc1cccc(Cl)c1.I. The van der Waals surface area contributed by atoms with Crippen LogP contribution in [0.2, 0.25) is 5.02 Å². The fourth-order valence-electron chi connectivity index (χ4n) is 1.49. The van der Waals surface area contributed by atoms with Gasteiger partial charge in [0.1, 0.15) is 5.75 Å². The Balaban J connectivity index is 0.00000200. The van der Waals surface area contributed by atoms with Crippen molar-refractivity contribution in [3.63, 3.8) is 0 Å². The lowest BCUT2D eigenvalue weighted by Gasteiger charge is -2.12. The number of amidine groups is 1. The van der Waals surface area contributed by atoms with E-state index in [0.29, 0.717) is 21.7 Å². The van der Waals surface area contributed by atoms with Crippen LogP contribution in [-0.4, -0.2) is 11.4 Å². The highest BCUT2D eigenvalue weighted by Gasteiger charge is 2.06. The molecule has 0 saturated carbocycles. The molecule has 0 unspecified atom stereocenters. The van der Waals surface area contributed by atoms with Crippen LogP contribution >= 0.6 is 47.3 Å². The summed E-state index contributed by atoms with van der Waals surface area (Å²) in [7, 11) is 0. The molecule has 2 rings (SSSR count). The average molecular weight is 421 g/mol. The van der Waals surface area contributed by atoms with Gasteiger partial charge in [-0.05, 0) is 36.6 Å². The van der Waals surface area contributed by atoms with Crippen LogP contribution in [0.3, 0.4) is 0 Å². The molecule has 0 aromatic heterocycles. The number of anilines is 1. The Morgan fingerprint density at radius 1 is 1.20 bits per heavy atom. The van der Waals surface area contributed by atoms with Crippen LogP contribution in [0.25, 0.3) is 0 Å². The third-order valence-electron chi connectivity index (χ3n) is 2.36. The van der Waals surface area contributed by atoms with Crippen molar-refractivity contribution in [1.82, 2.24) is 0 Å².